The lowest BCUT2D eigenvalue weighted by atomic mass is 9.78. The van der Waals surface area contributed by atoms with E-state index < -0.39 is 5.91 Å². The van der Waals surface area contributed by atoms with Crippen molar-refractivity contribution < 1.29 is 24.1 Å². The van der Waals surface area contributed by atoms with E-state index in [4.69, 9.17) is 19.9 Å². The maximum absolute atomic E-state index is 12.4. The highest BCUT2D eigenvalue weighted by Crippen LogP contribution is 2.43. The molecule has 0 unspecified atom stereocenters. The number of nitrogens with two attached hydrogens (primary N) is 1. The second kappa shape index (κ2) is 10.0. The second-order valence-electron chi connectivity index (χ2n) is 11.4. The molecule has 0 bridgehead atoms. The monoisotopic (exact) mass is 508 g/mol. The normalized spacial score (nSPS) is 11.9. The number of aromatic hydroxyl groups is 1. The number of aromatic nitrogens is 1. The zero-order chi connectivity index (χ0) is 27.9. The van der Waals surface area contributed by atoms with E-state index in [0.29, 0.717) is 35.1 Å². The van der Waals surface area contributed by atoms with Crippen LogP contribution in [0.3, 0.4) is 0 Å². The van der Waals surface area contributed by atoms with Crippen molar-refractivity contribution in [3.8, 4) is 34.3 Å². The highest BCUT2D eigenvalue weighted by molar-refractivity contribution is 5.95. The SMILES string of the molecule is COc1cc(Cn2c(-c3cc(C(C)(C)C)c(O)c(C(C)(C)C)c3)cc(C(N)=O)c2C)cc(OC)c1OC. The van der Waals surface area contributed by atoms with Crippen LogP contribution in [-0.2, 0) is 17.4 Å². The van der Waals surface area contributed by atoms with Crippen LogP contribution >= 0.6 is 0 Å². The highest BCUT2D eigenvalue weighted by atomic mass is 16.5. The Labute approximate surface area is 220 Å². The van der Waals surface area contributed by atoms with Gasteiger partial charge in [0.15, 0.2) is 11.5 Å². The molecule has 0 spiro atoms. The molecule has 7 heteroatoms. The molecule has 3 aromatic rings. The molecule has 2 aromatic carbocycles. The van der Waals surface area contributed by atoms with Crippen LogP contribution in [0.25, 0.3) is 11.3 Å². The van der Waals surface area contributed by atoms with Gasteiger partial charge in [0, 0.05) is 29.1 Å². The molecule has 1 aromatic heterocycles. The number of methoxy groups -OCH3 is 3. The van der Waals surface area contributed by atoms with Crippen LogP contribution in [-0.4, -0.2) is 36.9 Å². The van der Waals surface area contributed by atoms with Gasteiger partial charge in [-0.15, -0.1) is 0 Å². The molecule has 0 radical (unpaired) electrons. The fourth-order valence-electron chi connectivity index (χ4n) is 4.67. The van der Waals surface area contributed by atoms with Crippen LogP contribution in [0, 0.1) is 6.92 Å². The van der Waals surface area contributed by atoms with Crippen molar-refractivity contribution >= 4 is 5.91 Å². The predicted molar refractivity (Wildman–Crippen MR) is 147 cm³/mol. The summed E-state index contributed by atoms with van der Waals surface area (Å²) < 4.78 is 18.6. The fourth-order valence-corrected chi connectivity index (χ4v) is 4.67. The Bertz CT molecular complexity index is 1260. The molecule has 0 saturated heterocycles. The van der Waals surface area contributed by atoms with Gasteiger partial charge in [0.25, 0.3) is 5.91 Å². The van der Waals surface area contributed by atoms with Crippen molar-refractivity contribution in [1.29, 1.82) is 0 Å². The Morgan fingerprint density at radius 1 is 0.865 bits per heavy atom. The first-order valence-corrected chi connectivity index (χ1v) is 12.3. The zero-order valence-electron chi connectivity index (χ0n) is 23.7. The summed E-state index contributed by atoms with van der Waals surface area (Å²) in [5, 5.41) is 11.2. The second-order valence-corrected chi connectivity index (χ2v) is 11.4. The average molecular weight is 509 g/mol. The molecule has 1 amide bonds. The van der Waals surface area contributed by atoms with Crippen LogP contribution in [0.4, 0.5) is 0 Å². The standard InChI is InChI=1S/C30H40N2O5/c1-17-20(28(31)34)15-23(19-13-21(29(2,3)4)26(33)22(14-19)30(5,6)7)32(17)16-18-11-24(35-8)27(37-10)25(12-18)36-9/h11-15,33H,16H2,1-10H3,(H2,31,34). The number of nitrogens with zero attached hydrogens (tertiary/aromatic N) is 1. The number of phenols is 1. The first-order valence-electron chi connectivity index (χ1n) is 12.3. The number of rotatable bonds is 7. The third-order valence-corrected chi connectivity index (χ3v) is 6.72. The smallest absolute Gasteiger partial charge is 0.250 e. The topological polar surface area (TPSA) is 95.9 Å². The summed E-state index contributed by atoms with van der Waals surface area (Å²) in [5.41, 5.74) is 10.7. The number of hydrogen-bond acceptors (Lipinski definition) is 5. The molecule has 3 rings (SSSR count). The Morgan fingerprint density at radius 3 is 1.73 bits per heavy atom. The maximum atomic E-state index is 12.4. The largest absolute Gasteiger partial charge is 0.507 e. The molecule has 0 aliphatic rings. The lowest BCUT2D eigenvalue weighted by Gasteiger charge is -2.28. The van der Waals surface area contributed by atoms with E-state index in [9.17, 15) is 9.90 Å². The summed E-state index contributed by atoms with van der Waals surface area (Å²) in [7, 11) is 4.73. The molecule has 0 aliphatic carbocycles. The summed E-state index contributed by atoms with van der Waals surface area (Å²) in [6.45, 7) is 14.8. The Morgan fingerprint density at radius 2 is 1.35 bits per heavy atom. The Balaban J connectivity index is 2.32. The number of primary amides is 1. The van der Waals surface area contributed by atoms with E-state index in [2.05, 4.69) is 46.1 Å². The van der Waals surface area contributed by atoms with Gasteiger partial charge in [-0.2, -0.15) is 0 Å². The van der Waals surface area contributed by atoms with Crippen LogP contribution < -0.4 is 19.9 Å². The average Bonchev–Trinajstić information content (AvgIpc) is 3.13. The number of carbonyl (C=O) groups excluding carboxylic acids is 1. The van der Waals surface area contributed by atoms with Crippen LogP contribution in [0.5, 0.6) is 23.0 Å². The number of phenolic OH excluding ortho intramolecular Hbond substituents is 1. The fraction of sp³-hybridized carbons (Fsp3) is 0.433. The summed E-state index contributed by atoms with van der Waals surface area (Å²) in [6, 6.07) is 9.64. The van der Waals surface area contributed by atoms with Crippen LogP contribution in [0.2, 0.25) is 0 Å². The van der Waals surface area contributed by atoms with Crippen molar-refractivity contribution in [2.24, 2.45) is 5.73 Å². The van der Waals surface area contributed by atoms with Gasteiger partial charge >= 0.3 is 0 Å². The minimum absolute atomic E-state index is 0.296. The first kappa shape index (κ1) is 28.0. The van der Waals surface area contributed by atoms with E-state index in [-0.39, 0.29) is 10.8 Å². The summed E-state index contributed by atoms with van der Waals surface area (Å²) in [5.74, 6) is 1.42. The van der Waals surface area contributed by atoms with E-state index in [0.717, 1.165) is 33.6 Å². The molecule has 1 heterocycles. The molecule has 0 fully saturated rings. The lowest BCUT2D eigenvalue weighted by molar-refractivity contribution is 0.0999. The molecule has 3 N–H and O–H groups in total. The summed E-state index contributed by atoms with van der Waals surface area (Å²) >= 11 is 0. The molecule has 0 saturated carbocycles. The molecule has 0 atom stereocenters. The minimum Gasteiger partial charge on any atom is -0.507 e. The van der Waals surface area contributed by atoms with Crippen molar-refractivity contribution in [3.05, 3.63) is 58.3 Å². The minimum atomic E-state index is -0.492. The number of benzene rings is 2. The summed E-state index contributed by atoms with van der Waals surface area (Å²) in [4.78, 5) is 12.4. The third-order valence-electron chi connectivity index (χ3n) is 6.72. The van der Waals surface area contributed by atoms with Gasteiger partial charge in [-0.25, -0.2) is 0 Å². The molecular formula is C30H40N2O5. The number of hydrogen-bond donors (Lipinski definition) is 2. The van der Waals surface area contributed by atoms with Gasteiger partial charge in [-0.05, 0) is 59.2 Å². The van der Waals surface area contributed by atoms with Crippen molar-refractivity contribution in [2.75, 3.05) is 21.3 Å². The molecule has 37 heavy (non-hydrogen) atoms. The highest BCUT2D eigenvalue weighted by Gasteiger charge is 2.28. The Hall–Kier alpha value is -3.61. The van der Waals surface area contributed by atoms with Crippen LogP contribution in [0.1, 0.15) is 74.3 Å². The van der Waals surface area contributed by atoms with Gasteiger partial charge in [-0.1, -0.05) is 41.5 Å². The van der Waals surface area contributed by atoms with E-state index in [1.165, 1.54) is 0 Å². The lowest BCUT2D eigenvalue weighted by Crippen LogP contribution is -2.17. The van der Waals surface area contributed by atoms with Gasteiger partial charge in [0.05, 0.1) is 26.9 Å². The van der Waals surface area contributed by atoms with E-state index in [1.807, 2.05) is 37.3 Å². The summed E-state index contributed by atoms with van der Waals surface area (Å²) in [6.07, 6.45) is 0. The molecular weight excluding hydrogens is 468 g/mol. The zero-order valence-corrected chi connectivity index (χ0v) is 23.7. The van der Waals surface area contributed by atoms with E-state index in [1.54, 1.807) is 21.3 Å². The van der Waals surface area contributed by atoms with Crippen LogP contribution in [0.15, 0.2) is 30.3 Å². The number of ether oxygens (including phenoxy) is 3. The molecule has 200 valence electrons. The van der Waals surface area contributed by atoms with Crippen molar-refractivity contribution in [1.82, 2.24) is 4.57 Å². The maximum Gasteiger partial charge on any atom is 0.250 e. The van der Waals surface area contributed by atoms with Gasteiger partial charge < -0.3 is 29.6 Å². The third kappa shape index (κ3) is 5.41. The number of amides is 1. The van der Waals surface area contributed by atoms with Crippen molar-refractivity contribution in [3.63, 3.8) is 0 Å². The predicted octanol–water partition coefficient (Wildman–Crippen LogP) is 5.94. The van der Waals surface area contributed by atoms with Gasteiger partial charge in [0.1, 0.15) is 5.75 Å². The van der Waals surface area contributed by atoms with Crippen molar-refractivity contribution in [2.45, 2.75) is 65.8 Å². The molecule has 7 nitrogen and oxygen atoms in total. The van der Waals surface area contributed by atoms with Gasteiger partial charge in [-0.3, -0.25) is 4.79 Å². The van der Waals surface area contributed by atoms with E-state index >= 15 is 0 Å². The first-order chi connectivity index (χ1) is 17.1. The quantitative estimate of drug-likeness (QED) is 0.412. The number of carbonyl (C=O) groups is 1. The molecule has 0 aliphatic heterocycles. The Kier molecular flexibility index (Phi) is 7.59. The van der Waals surface area contributed by atoms with Gasteiger partial charge in [0.2, 0.25) is 5.75 Å².